The Kier molecular flexibility index (Phi) is 7.98. The maximum atomic E-state index is 11.4. The molecule has 0 aliphatic heterocycles. The maximum Gasteiger partial charge on any atom is 0.231 e. The minimum absolute atomic E-state index is 0.220. The van der Waals surface area contributed by atoms with Crippen molar-refractivity contribution in [3.05, 3.63) is 69.9 Å². The molecule has 0 unspecified atom stereocenters. The molecule has 3 aromatic rings. The average Bonchev–Trinajstić information content (AvgIpc) is 3.13. The summed E-state index contributed by atoms with van der Waals surface area (Å²) in [5, 5.41) is 14.2. The molecule has 0 atom stereocenters. The van der Waals surface area contributed by atoms with Crippen molar-refractivity contribution in [3.63, 3.8) is 0 Å². The number of benzene rings is 2. The predicted molar refractivity (Wildman–Crippen MR) is 137 cm³/mol. The quantitative estimate of drug-likeness (QED) is 0.406. The van der Waals surface area contributed by atoms with Gasteiger partial charge in [-0.25, -0.2) is 8.42 Å². The largest absolute Gasteiger partial charge is 0.491 e. The molecule has 1 N–H and O–H groups in total. The summed E-state index contributed by atoms with van der Waals surface area (Å²) in [5.74, 6) is 1.32. The molecule has 0 bridgehead atoms. The molecule has 1 aromatic heterocycles. The van der Waals surface area contributed by atoms with Crippen LogP contribution in [0.15, 0.2) is 42.5 Å². The topological polar surface area (TPSA) is 106 Å². The summed E-state index contributed by atoms with van der Waals surface area (Å²) in [6.45, 7) is 6.84. The van der Waals surface area contributed by atoms with E-state index in [9.17, 15) is 13.7 Å². The summed E-state index contributed by atoms with van der Waals surface area (Å²) < 4.78 is 38.3. The first-order valence-electron chi connectivity index (χ1n) is 11.1. The van der Waals surface area contributed by atoms with E-state index in [0.29, 0.717) is 34.4 Å². The van der Waals surface area contributed by atoms with Crippen molar-refractivity contribution in [1.29, 1.82) is 5.26 Å². The van der Waals surface area contributed by atoms with Crippen LogP contribution in [0.2, 0.25) is 5.02 Å². The third-order valence-electron chi connectivity index (χ3n) is 5.57. The van der Waals surface area contributed by atoms with Crippen molar-refractivity contribution in [2.75, 3.05) is 17.6 Å². The molecule has 0 spiro atoms. The van der Waals surface area contributed by atoms with Gasteiger partial charge in [-0.15, -0.1) is 0 Å². The molecule has 0 radical (unpaired) electrons. The van der Waals surface area contributed by atoms with Crippen molar-refractivity contribution in [2.45, 2.75) is 39.2 Å². The van der Waals surface area contributed by atoms with Gasteiger partial charge >= 0.3 is 0 Å². The Morgan fingerprint density at radius 2 is 1.83 bits per heavy atom. The van der Waals surface area contributed by atoms with E-state index in [2.05, 4.69) is 29.7 Å². The van der Waals surface area contributed by atoms with Crippen LogP contribution in [0.5, 0.6) is 11.5 Å². The molecular formula is C25H29ClN4O4S. The van der Waals surface area contributed by atoms with Crippen molar-refractivity contribution >= 4 is 27.4 Å². The van der Waals surface area contributed by atoms with Gasteiger partial charge < -0.3 is 9.47 Å². The molecule has 0 fully saturated rings. The van der Waals surface area contributed by atoms with E-state index in [0.717, 1.165) is 23.8 Å². The van der Waals surface area contributed by atoms with E-state index in [1.807, 2.05) is 43.3 Å². The predicted octanol–water partition coefficient (Wildman–Crippen LogP) is 5.01. The zero-order valence-corrected chi connectivity index (χ0v) is 22.0. The lowest BCUT2D eigenvalue weighted by molar-refractivity contribution is 0.294. The third kappa shape index (κ3) is 6.47. The lowest BCUT2D eigenvalue weighted by Gasteiger charge is -2.27. The molecule has 2 aromatic carbocycles. The summed E-state index contributed by atoms with van der Waals surface area (Å²) in [6, 6.07) is 15.2. The van der Waals surface area contributed by atoms with Crippen molar-refractivity contribution in [1.82, 2.24) is 9.78 Å². The Bertz CT molecular complexity index is 1340. The second-order valence-corrected chi connectivity index (χ2v) is 10.9. The number of aromatic nitrogens is 2. The number of aryl methyl sites for hydroxylation is 1. The van der Waals surface area contributed by atoms with Crippen LogP contribution in [-0.4, -0.2) is 31.1 Å². The SMILES string of the molecule is CCCOc1c(Cl)cc(C(C)(C)c2ccc(OCc3cc(NS(C)(=O)=O)nn3C)cc2)cc1C#N. The molecule has 0 amide bonds. The number of nitriles is 1. The first-order valence-corrected chi connectivity index (χ1v) is 13.3. The van der Waals surface area contributed by atoms with E-state index in [1.54, 1.807) is 17.8 Å². The average molecular weight is 517 g/mol. The van der Waals surface area contributed by atoms with E-state index in [-0.39, 0.29) is 12.4 Å². The van der Waals surface area contributed by atoms with Crippen molar-refractivity contribution < 1.29 is 17.9 Å². The molecule has 10 heteroatoms. The number of nitrogens with zero attached hydrogens (tertiary/aromatic N) is 3. The minimum atomic E-state index is -3.40. The number of ether oxygens (including phenoxy) is 2. The van der Waals surface area contributed by atoms with Crippen LogP contribution in [0.4, 0.5) is 5.82 Å². The van der Waals surface area contributed by atoms with Crippen LogP contribution >= 0.6 is 11.6 Å². The standard InChI is InChI=1S/C25H29ClN4O4S/c1-6-11-33-24-17(15-27)12-19(13-22(24)26)25(2,3)18-7-9-21(10-8-18)34-16-20-14-23(28-30(20)4)29-35(5,31)32/h7-10,12-14H,6,11,16H2,1-5H3,(H,28,29). The Hall–Kier alpha value is -3.22. The van der Waals surface area contributed by atoms with Crippen LogP contribution in [0.3, 0.4) is 0 Å². The highest BCUT2D eigenvalue weighted by Gasteiger charge is 2.26. The monoisotopic (exact) mass is 516 g/mol. The second-order valence-electron chi connectivity index (χ2n) is 8.75. The van der Waals surface area contributed by atoms with Crippen LogP contribution < -0.4 is 14.2 Å². The number of hydrogen-bond donors (Lipinski definition) is 1. The van der Waals surface area contributed by atoms with Gasteiger partial charge in [-0.05, 0) is 41.8 Å². The number of halogens is 1. The van der Waals surface area contributed by atoms with Crippen molar-refractivity contribution in [3.8, 4) is 17.6 Å². The lowest BCUT2D eigenvalue weighted by atomic mass is 9.77. The highest BCUT2D eigenvalue weighted by Crippen LogP contribution is 2.38. The summed E-state index contributed by atoms with van der Waals surface area (Å²) in [7, 11) is -1.68. The molecule has 0 saturated carbocycles. The van der Waals surface area contributed by atoms with Crippen LogP contribution in [0.1, 0.15) is 49.6 Å². The molecule has 186 valence electrons. The van der Waals surface area contributed by atoms with E-state index in [4.69, 9.17) is 21.1 Å². The van der Waals surface area contributed by atoms with Gasteiger partial charge in [0.15, 0.2) is 11.6 Å². The zero-order valence-electron chi connectivity index (χ0n) is 20.4. The fourth-order valence-electron chi connectivity index (χ4n) is 3.56. The van der Waals surface area contributed by atoms with Crippen LogP contribution in [-0.2, 0) is 29.1 Å². The molecule has 8 nitrogen and oxygen atoms in total. The molecular weight excluding hydrogens is 488 g/mol. The van der Waals surface area contributed by atoms with Crippen molar-refractivity contribution in [2.24, 2.45) is 7.05 Å². The molecule has 35 heavy (non-hydrogen) atoms. The minimum Gasteiger partial charge on any atom is -0.491 e. The van der Waals surface area contributed by atoms with Gasteiger partial charge in [0.25, 0.3) is 0 Å². The lowest BCUT2D eigenvalue weighted by Crippen LogP contribution is -2.19. The number of nitrogens with one attached hydrogen (secondary N) is 1. The first kappa shape index (κ1) is 26.4. The van der Waals surface area contributed by atoms with E-state index < -0.39 is 15.4 Å². The van der Waals surface area contributed by atoms with Gasteiger partial charge in [0.05, 0.1) is 29.1 Å². The summed E-state index contributed by atoms with van der Waals surface area (Å²) >= 11 is 6.48. The van der Waals surface area contributed by atoms with Gasteiger partial charge in [0.1, 0.15) is 18.4 Å². The number of hydrogen-bond acceptors (Lipinski definition) is 6. The van der Waals surface area contributed by atoms with Gasteiger partial charge in [-0.3, -0.25) is 9.40 Å². The number of rotatable bonds is 10. The fourth-order valence-corrected chi connectivity index (χ4v) is 4.31. The van der Waals surface area contributed by atoms with Gasteiger partial charge in [-0.2, -0.15) is 10.4 Å². The summed E-state index contributed by atoms with van der Waals surface area (Å²) in [4.78, 5) is 0. The molecule has 3 rings (SSSR count). The Morgan fingerprint density at radius 3 is 2.43 bits per heavy atom. The third-order valence-corrected chi connectivity index (χ3v) is 6.43. The normalized spacial score (nSPS) is 11.7. The smallest absolute Gasteiger partial charge is 0.231 e. The molecule has 0 saturated heterocycles. The van der Waals surface area contributed by atoms with E-state index >= 15 is 0 Å². The summed E-state index contributed by atoms with van der Waals surface area (Å²) in [5.41, 5.74) is 2.62. The second kappa shape index (κ2) is 10.6. The first-order chi connectivity index (χ1) is 16.4. The number of sulfonamides is 1. The van der Waals surface area contributed by atoms with E-state index in [1.165, 1.54) is 0 Å². The molecule has 0 aliphatic carbocycles. The molecule has 0 aliphatic rings. The van der Waals surface area contributed by atoms with Crippen LogP contribution in [0, 0.1) is 11.3 Å². The highest BCUT2D eigenvalue weighted by molar-refractivity contribution is 7.92. The maximum absolute atomic E-state index is 11.4. The highest BCUT2D eigenvalue weighted by atomic mass is 35.5. The Morgan fingerprint density at radius 1 is 1.14 bits per heavy atom. The summed E-state index contributed by atoms with van der Waals surface area (Å²) in [6.07, 6.45) is 1.90. The van der Waals surface area contributed by atoms with Gasteiger partial charge in [0.2, 0.25) is 10.0 Å². The fraction of sp³-hybridized carbons (Fsp3) is 0.360. The zero-order chi connectivity index (χ0) is 25.8. The Balaban J connectivity index is 1.76. The van der Waals surface area contributed by atoms with Gasteiger partial charge in [-0.1, -0.05) is 44.5 Å². The Labute approximate surface area is 211 Å². The van der Waals surface area contributed by atoms with Crippen LogP contribution in [0.25, 0.3) is 0 Å². The molecule has 1 heterocycles. The number of anilines is 1. The van der Waals surface area contributed by atoms with Gasteiger partial charge in [0, 0.05) is 18.5 Å².